The maximum Gasteiger partial charge on any atom is 0.0832 e. The average molecular weight is 361 g/mol. The van der Waals surface area contributed by atoms with Gasteiger partial charge in [0, 0.05) is 0 Å². The summed E-state index contributed by atoms with van der Waals surface area (Å²) in [6, 6.07) is 20.5. The van der Waals surface area contributed by atoms with Gasteiger partial charge in [0.25, 0.3) is 0 Å². The monoisotopic (exact) mass is 360 g/mol. The normalized spacial score (nSPS) is 14.5. The summed E-state index contributed by atoms with van der Waals surface area (Å²) < 4.78 is 0. The Hall–Kier alpha value is -1.86. The van der Waals surface area contributed by atoms with Crippen molar-refractivity contribution in [1.29, 1.82) is 0 Å². The second-order valence-corrected chi connectivity index (χ2v) is 9.49. The van der Waals surface area contributed by atoms with Gasteiger partial charge in [-0.15, -0.1) is 0 Å². The van der Waals surface area contributed by atoms with Gasteiger partial charge >= 0.3 is 0 Å². The van der Waals surface area contributed by atoms with Crippen molar-refractivity contribution < 1.29 is 0 Å². The first-order valence-corrected chi connectivity index (χ1v) is 11.8. The lowest BCUT2D eigenvalue weighted by Crippen LogP contribution is -2.16. The van der Waals surface area contributed by atoms with Crippen molar-refractivity contribution in [2.24, 2.45) is 0 Å². The van der Waals surface area contributed by atoms with Crippen molar-refractivity contribution in [3.8, 4) is 0 Å². The summed E-state index contributed by atoms with van der Waals surface area (Å²) >= 11 is 0. The molecule has 0 unspecified atom stereocenters. The van der Waals surface area contributed by atoms with E-state index in [1.54, 1.807) is 16.0 Å². The van der Waals surface area contributed by atoms with Gasteiger partial charge in [-0.1, -0.05) is 97.7 Å². The number of aryl methyl sites for hydroxylation is 1. The van der Waals surface area contributed by atoms with Crippen LogP contribution in [0.4, 0.5) is 0 Å². The van der Waals surface area contributed by atoms with Gasteiger partial charge in [0.15, 0.2) is 0 Å². The van der Waals surface area contributed by atoms with Gasteiger partial charge in [-0.2, -0.15) is 0 Å². The molecule has 0 saturated carbocycles. The minimum Gasteiger partial charge on any atom is -0.0752 e. The molecular formula is C25H32Si. The molecule has 0 aromatic heterocycles. The van der Waals surface area contributed by atoms with Crippen LogP contribution >= 0.6 is 0 Å². The van der Waals surface area contributed by atoms with Gasteiger partial charge < -0.3 is 0 Å². The fraction of sp³-hybridized carbons (Fsp3) is 0.360. The van der Waals surface area contributed by atoms with Crippen molar-refractivity contribution in [3.05, 3.63) is 82.6 Å². The number of allylic oxidation sites excluding steroid dienone is 4. The standard InChI is InChI=1S/C25H32Si/c1-3-5-10-20-14-16-21(17-15-20)23-18-19-25(24(23)13-6-4-2)26-22-11-8-7-9-12-22/h7-9,11-12,14-18H,3-6,10,13,19,26H2,1-2H3. The third-order valence-electron chi connectivity index (χ3n) is 5.43. The molecule has 0 bridgehead atoms. The van der Waals surface area contributed by atoms with Crippen LogP contribution in [0.5, 0.6) is 0 Å². The number of unbranched alkanes of at least 4 members (excludes halogenated alkanes) is 2. The molecule has 0 atom stereocenters. The largest absolute Gasteiger partial charge is 0.0832 e. The quantitative estimate of drug-likeness (QED) is 0.499. The van der Waals surface area contributed by atoms with Crippen LogP contribution in [0.2, 0.25) is 0 Å². The van der Waals surface area contributed by atoms with Gasteiger partial charge in [0.1, 0.15) is 0 Å². The van der Waals surface area contributed by atoms with E-state index >= 15 is 0 Å². The SMILES string of the molecule is CCCCC1=C([SiH2]c2ccccc2)CC=C1c1ccc(CCCC)cc1. The summed E-state index contributed by atoms with van der Waals surface area (Å²) in [4.78, 5) is 0. The van der Waals surface area contributed by atoms with E-state index in [1.165, 1.54) is 61.6 Å². The molecule has 1 heteroatoms. The van der Waals surface area contributed by atoms with Crippen LogP contribution in [0, 0.1) is 0 Å². The van der Waals surface area contributed by atoms with Gasteiger partial charge in [0.05, 0.1) is 9.52 Å². The predicted octanol–water partition coefficient (Wildman–Crippen LogP) is 5.75. The van der Waals surface area contributed by atoms with Crippen molar-refractivity contribution in [3.63, 3.8) is 0 Å². The van der Waals surface area contributed by atoms with Crippen molar-refractivity contribution in [1.82, 2.24) is 0 Å². The fourth-order valence-electron chi connectivity index (χ4n) is 3.87. The molecule has 1 aliphatic rings. The Bertz CT molecular complexity index is 751. The first-order valence-electron chi connectivity index (χ1n) is 10.4. The number of benzene rings is 2. The summed E-state index contributed by atoms with van der Waals surface area (Å²) in [6.45, 7) is 4.57. The zero-order valence-corrected chi connectivity index (χ0v) is 17.8. The number of hydrogen-bond donors (Lipinski definition) is 0. The maximum atomic E-state index is 2.50. The van der Waals surface area contributed by atoms with E-state index in [0.29, 0.717) is 0 Å². The van der Waals surface area contributed by atoms with E-state index in [4.69, 9.17) is 0 Å². The highest BCUT2D eigenvalue weighted by Crippen LogP contribution is 2.36. The van der Waals surface area contributed by atoms with E-state index in [0.717, 1.165) is 0 Å². The van der Waals surface area contributed by atoms with Crippen LogP contribution in [-0.2, 0) is 6.42 Å². The molecule has 0 amide bonds. The van der Waals surface area contributed by atoms with E-state index in [2.05, 4.69) is 74.5 Å². The maximum absolute atomic E-state index is 2.50. The van der Waals surface area contributed by atoms with Crippen LogP contribution in [0.3, 0.4) is 0 Å². The third-order valence-corrected chi connectivity index (χ3v) is 7.45. The first-order chi connectivity index (χ1) is 12.8. The van der Waals surface area contributed by atoms with Crippen molar-refractivity contribution >= 4 is 20.3 Å². The Kier molecular flexibility index (Phi) is 7.08. The van der Waals surface area contributed by atoms with E-state index in [-0.39, 0.29) is 9.52 Å². The molecule has 2 aromatic rings. The number of rotatable bonds is 9. The zero-order valence-electron chi connectivity index (χ0n) is 16.4. The van der Waals surface area contributed by atoms with Gasteiger partial charge in [-0.3, -0.25) is 0 Å². The van der Waals surface area contributed by atoms with Crippen molar-refractivity contribution in [2.75, 3.05) is 0 Å². The van der Waals surface area contributed by atoms with Crippen LogP contribution in [0.1, 0.15) is 63.5 Å². The molecule has 2 aromatic carbocycles. The second-order valence-electron chi connectivity index (χ2n) is 7.47. The molecule has 3 rings (SSSR count). The highest BCUT2D eigenvalue weighted by Gasteiger charge is 2.19. The summed E-state index contributed by atoms with van der Waals surface area (Å²) in [5.74, 6) is 0. The van der Waals surface area contributed by atoms with Gasteiger partial charge in [0.2, 0.25) is 0 Å². The molecular weight excluding hydrogens is 328 g/mol. The van der Waals surface area contributed by atoms with Crippen LogP contribution in [-0.4, -0.2) is 9.52 Å². The van der Waals surface area contributed by atoms with E-state index in [9.17, 15) is 0 Å². The molecule has 0 spiro atoms. The van der Waals surface area contributed by atoms with Crippen LogP contribution < -0.4 is 5.19 Å². The van der Waals surface area contributed by atoms with Crippen LogP contribution in [0.15, 0.2) is 71.4 Å². The average Bonchev–Trinajstić information content (AvgIpc) is 3.08. The molecule has 0 heterocycles. The predicted molar refractivity (Wildman–Crippen MR) is 119 cm³/mol. The lowest BCUT2D eigenvalue weighted by Gasteiger charge is -2.13. The van der Waals surface area contributed by atoms with E-state index < -0.39 is 0 Å². The lowest BCUT2D eigenvalue weighted by molar-refractivity contribution is 0.794. The van der Waals surface area contributed by atoms with E-state index in [1.807, 2.05) is 0 Å². The minimum absolute atomic E-state index is 0.339. The zero-order chi connectivity index (χ0) is 18.2. The molecule has 1 aliphatic carbocycles. The molecule has 0 nitrogen and oxygen atoms in total. The molecule has 136 valence electrons. The Morgan fingerprint density at radius 2 is 1.50 bits per heavy atom. The highest BCUT2D eigenvalue weighted by molar-refractivity contribution is 6.61. The molecule has 26 heavy (non-hydrogen) atoms. The molecule has 0 fully saturated rings. The molecule has 0 saturated heterocycles. The third kappa shape index (κ3) is 4.85. The van der Waals surface area contributed by atoms with Crippen LogP contribution in [0.25, 0.3) is 5.57 Å². The number of hydrogen-bond acceptors (Lipinski definition) is 0. The molecule has 0 N–H and O–H groups in total. The first kappa shape index (κ1) is 18.9. The summed E-state index contributed by atoms with van der Waals surface area (Å²) in [7, 11) is -0.339. The van der Waals surface area contributed by atoms with Crippen molar-refractivity contribution in [2.45, 2.75) is 58.8 Å². The Morgan fingerprint density at radius 1 is 0.808 bits per heavy atom. The Labute approximate surface area is 161 Å². The molecule has 0 radical (unpaired) electrons. The fourth-order valence-corrected chi connectivity index (χ4v) is 5.74. The highest BCUT2D eigenvalue weighted by atomic mass is 28.2. The second kappa shape index (κ2) is 9.73. The summed E-state index contributed by atoms with van der Waals surface area (Å²) in [5, 5.41) is 3.33. The Balaban J connectivity index is 1.81. The Morgan fingerprint density at radius 3 is 2.19 bits per heavy atom. The smallest absolute Gasteiger partial charge is 0.0752 e. The summed E-state index contributed by atoms with van der Waals surface area (Å²) in [6.07, 6.45) is 11.3. The van der Waals surface area contributed by atoms with Gasteiger partial charge in [-0.05, 0) is 54.4 Å². The lowest BCUT2D eigenvalue weighted by atomic mass is 9.95. The molecule has 0 aliphatic heterocycles. The minimum atomic E-state index is -0.339. The van der Waals surface area contributed by atoms with Gasteiger partial charge in [-0.25, -0.2) is 0 Å². The summed E-state index contributed by atoms with van der Waals surface area (Å²) in [5.41, 5.74) is 6.10. The topological polar surface area (TPSA) is 0 Å².